The number of rotatable bonds is 6. The van der Waals surface area contributed by atoms with E-state index in [4.69, 9.17) is 0 Å². The van der Waals surface area contributed by atoms with Gasteiger partial charge in [-0.3, -0.25) is 4.98 Å². The van der Waals surface area contributed by atoms with Crippen LogP contribution >= 0.6 is 0 Å². The van der Waals surface area contributed by atoms with Crippen LogP contribution in [0.2, 0.25) is 0 Å². The Morgan fingerprint density at radius 2 is 1.91 bits per heavy atom. The Balaban J connectivity index is 1.89. The highest BCUT2D eigenvalue weighted by molar-refractivity contribution is 5.79. The van der Waals surface area contributed by atoms with Gasteiger partial charge in [0.1, 0.15) is 0 Å². The Morgan fingerprint density at radius 1 is 1.09 bits per heavy atom. The monoisotopic (exact) mass is 296 g/mol. The van der Waals surface area contributed by atoms with Crippen molar-refractivity contribution in [2.24, 2.45) is 4.99 Å². The first-order valence-corrected chi connectivity index (χ1v) is 7.76. The number of nitrogens with one attached hydrogen (secondary N) is 2. The fourth-order valence-electron chi connectivity index (χ4n) is 2.15. The maximum atomic E-state index is 4.61. The van der Waals surface area contributed by atoms with Crippen LogP contribution in [0.4, 0.5) is 0 Å². The molecule has 1 heterocycles. The third-order valence-corrected chi connectivity index (χ3v) is 3.40. The van der Waals surface area contributed by atoms with Crippen LogP contribution in [0.15, 0.2) is 53.7 Å². The van der Waals surface area contributed by atoms with E-state index in [1.165, 1.54) is 11.1 Å². The minimum atomic E-state index is 0.591. The SMILES string of the molecule is CCNC(=NCc1ncccc1C)NCCc1ccccc1. The van der Waals surface area contributed by atoms with E-state index in [2.05, 4.69) is 64.8 Å². The lowest BCUT2D eigenvalue weighted by Crippen LogP contribution is -2.38. The summed E-state index contributed by atoms with van der Waals surface area (Å²) < 4.78 is 0. The van der Waals surface area contributed by atoms with E-state index >= 15 is 0 Å². The average Bonchev–Trinajstić information content (AvgIpc) is 2.55. The molecule has 0 saturated heterocycles. The second-order valence-corrected chi connectivity index (χ2v) is 5.12. The predicted octanol–water partition coefficient (Wildman–Crippen LogP) is 2.69. The van der Waals surface area contributed by atoms with Crippen LogP contribution in [0.25, 0.3) is 0 Å². The van der Waals surface area contributed by atoms with Crippen LogP contribution in [-0.4, -0.2) is 24.0 Å². The van der Waals surface area contributed by atoms with E-state index in [0.717, 1.165) is 31.2 Å². The van der Waals surface area contributed by atoms with E-state index < -0.39 is 0 Å². The van der Waals surface area contributed by atoms with E-state index in [1.54, 1.807) is 0 Å². The average molecular weight is 296 g/mol. The van der Waals surface area contributed by atoms with E-state index in [0.29, 0.717) is 6.54 Å². The molecule has 1 aromatic heterocycles. The van der Waals surface area contributed by atoms with Gasteiger partial charge in [0.2, 0.25) is 0 Å². The largest absolute Gasteiger partial charge is 0.357 e. The van der Waals surface area contributed by atoms with Gasteiger partial charge in [-0.15, -0.1) is 0 Å². The molecule has 4 heteroatoms. The third-order valence-electron chi connectivity index (χ3n) is 3.40. The van der Waals surface area contributed by atoms with Crippen molar-refractivity contribution < 1.29 is 0 Å². The maximum absolute atomic E-state index is 4.61. The van der Waals surface area contributed by atoms with Gasteiger partial charge in [-0.2, -0.15) is 0 Å². The predicted molar refractivity (Wildman–Crippen MR) is 91.9 cm³/mol. The molecule has 0 spiro atoms. The van der Waals surface area contributed by atoms with Crippen molar-refractivity contribution in [2.45, 2.75) is 26.8 Å². The molecule has 116 valence electrons. The van der Waals surface area contributed by atoms with Gasteiger partial charge in [-0.25, -0.2) is 4.99 Å². The summed E-state index contributed by atoms with van der Waals surface area (Å²) >= 11 is 0. The summed E-state index contributed by atoms with van der Waals surface area (Å²) in [6, 6.07) is 14.5. The Kier molecular flexibility index (Phi) is 6.42. The molecule has 1 aromatic carbocycles. The second-order valence-electron chi connectivity index (χ2n) is 5.12. The van der Waals surface area contributed by atoms with Crippen molar-refractivity contribution in [3.8, 4) is 0 Å². The zero-order valence-corrected chi connectivity index (χ0v) is 13.3. The van der Waals surface area contributed by atoms with Crippen molar-refractivity contribution in [2.75, 3.05) is 13.1 Å². The highest BCUT2D eigenvalue weighted by Gasteiger charge is 2.00. The molecule has 0 aliphatic carbocycles. The molecule has 0 saturated carbocycles. The van der Waals surface area contributed by atoms with Crippen molar-refractivity contribution in [3.63, 3.8) is 0 Å². The first-order valence-electron chi connectivity index (χ1n) is 7.76. The minimum Gasteiger partial charge on any atom is -0.357 e. The lowest BCUT2D eigenvalue weighted by atomic mass is 10.1. The van der Waals surface area contributed by atoms with Crippen molar-refractivity contribution in [3.05, 3.63) is 65.5 Å². The van der Waals surface area contributed by atoms with Crippen LogP contribution < -0.4 is 10.6 Å². The lowest BCUT2D eigenvalue weighted by molar-refractivity contribution is 0.796. The second kappa shape index (κ2) is 8.82. The number of hydrogen-bond donors (Lipinski definition) is 2. The summed E-state index contributed by atoms with van der Waals surface area (Å²) in [4.78, 5) is 8.98. The van der Waals surface area contributed by atoms with Gasteiger partial charge in [-0.05, 0) is 37.5 Å². The standard InChI is InChI=1S/C18H24N4/c1-3-19-18(21-13-11-16-9-5-4-6-10-16)22-14-17-15(2)8-7-12-20-17/h4-10,12H,3,11,13-14H2,1-2H3,(H2,19,21,22). The van der Waals surface area contributed by atoms with Crippen molar-refractivity contribution >= 4 is 5.96 Å². The fourth-order valence-corrected chi connectivity index (χ4v) is 2.15. The molecule has 4 nitrogen and oxygen atoms in total. The molecule has 0 radical (unpaired) electrons. The Morgan fingerprint density at radius 3 is 2.64 bits per heavy atom. The topological polar surface area (TPSA) is 49.3 Å². The quantitative estimate of drug-likeness (QED) is 0.636. The number of aliphatic imine (C=N–C) groups is 1. The number of guanidine groups is 1. The fraction of sp³-hybridized carbons (Fsp3) is 0.333. The van der Waals surface area contributed by atoms with E-state index in [-0.39, 0.29) is 0 Å². The van der Waals surface area contributed by atoms with Crippen molar-refractivity contribution in [1.29, 1.82) is 0 Å². The van der Waals surface area contributed by atoms with Gasteiger partial charge in [0, 0.05) is 19.3 Å². The summed E-state index contributed by atoms with van der Waals surface area (Å²) in [5.74, 6) is 0.837. The summed E-state index contributed by atoms with van der Waals surface area (Å²) in [5.41, 5.74) is 3.51. The van der Waals surface area contributed by atoms with Crippen LogP contribution in [0.5, 0.6) is 0 Å². The molecule has 0 bridgehead atoms. The number of pyridine rings is 1. The molecule has 22 heavy (non-hydrogen) atoms. The Hall–Kier alpha value is -2.36. The van der Waals surface area contributed by atoms with Gasteiger partial charge in [0.05, 0.1) is 12.2 Å². The van der Waals surface area contributed by atoms with Gasteiger partial charge < -0.3 is 10.6 Å². The van der Waals surface area contributed by atoms with Gasteiger partial charge in [0.15, 0.2) is 5.96 Å². The molecular weight excluding hydrogens is 272 g/mol. The minimum absolute atomic E-state index is 0.591. The summed E-state index contributed by atoms with van der Waals surface area (Å²) in [6.07, 6.45) is 2.79. The van der Waals surface area contributed by atoms with E-state index in [1.807, 2.05) is 18.3 Å². The molecular formula is C18H24N4. The van der Waals surface area contributed by atoms with Gasteiger partial charge >= 0.3 is 0 Å². The normalized spacial score (nSPS) is 11.3. The lowest BCUT2D eigenvalue weighted by Gasteiger charge is -2.11. The number of benzene rings is 1. The summed E-state index contributed by atoms with van der Waals surface area (Å²) in [7, 11) is 0. The molecule has 0 aliphatic rings. The number of aromatic nitrogens is 1. The molecule has 0 fully saturated rings. The third kappa shape index (κ3) is 5.20. The molecule has 2 N–H and O–H groups in total. The summed E-state index contributed by atoms with van der Waals surface area (Å²) in [6.45, 7) is 6.43. The Bertz CT molecular complexity index is 593. The van der Waals surface area contributed by atoms with E-state index in [9.17, 15) is 0 Å². The molecule has 0 aliphatic heterocycles. The van der Waals surface area contributed by atoms with Crippen LogP contribution in [0, 0.1) is 6.92 Å². The summed E-state index contributed by atoms with van der Waals surface area (Å²) in [5, 5.41) is 6.64. The molecule has 2 aromatic rings. The number of aryl methyl sites for hydroxylation is 1. The van der Waals surface area contributed by atoms with Crippen LogP contribution in [0.1, 0.15) is 23.7 Å². The van der Waals surface area contributed by atoms with Gasteiger partial charge in [-0.1, -0.05) is 36.4 Å². The zero-order valence-electron chi connectivity index (χ0n) is 13.3. The molecule has 0 amide bonds. The maximum Gasteiger partial charge on any atom is 0.191 e. The highest BCUT2D eigenvalue weighted by atomic mass is 15.2. The first kappa shape index (κ1) is 16.0. The first-order chi connectivity index (χ1) is 10.8. The van der Waals surface area contributed by atoms with Gasteiger partial charge in [0.25, 0.3) is 0 Å². The van der Waals surface area contributed by atoms with Crippen molar-refractivity contribution in [1.82, 2.24) is 15.6 Å². The smallest absolute Gasteiger partial charge is 0.191 e. The zero-order chi connectivity index (χ0) is 15.6. The Labute approximate surface area is 132 Å². The van der Waals surface area contributed by atoms with Crippen LogP contribution in [-0.2, 0) is 13.0 Å². The van der Waals surface area contributed by atoms with Crippen LogP contribution in [0.3, 0.4) is 0 Å². The highest BCUT2D eigenvalue weighted by Crippen LogP contribution is 2.04. The molecule has 0 atom stereocenters. The number of nitrogens with zero attached hydrogens (tertiary/aromatic N) is 2. The molecule has 2 rings (SSSR count). The molecule has 0 unspecified atom stereocenters. The number of hydrogen-bond acceptors (Lipinski definition) is 2.